The number of hydrogen-bond donors (Lipinski definition) is 3. The number of hydrogen-bond acceptors (Lipinski definition) is 7. The van der Waals surface area contributed by atoms with E-state index in [1.165, 1.54) is 11.3 Å². The Kier molecular flexibility index (Phi) is 5.15. The van der Waals surface area contributed by atoms with Crippen molar-refractivity contribution in [2.24, 2.45) is 5.73 Å². The Morgan fingerprint density at radius 2 is 2.29 bits per heavy atom. The third-order valence-corrected chi connectivity index (χ3v) is 6.05. The molecule has 0 saturated carbocycles. The zero-order chi connectivity index (χ0) is 19.7. The van der Waals surface area contributed by atoms with E-state index in [2.05, 4.69) is 27.1 Å². The van der Waals surface area contributed by atoms with Crippen LogP contribution in [0.2, 0.25) is 0 Å². The zero-order valence-electron chi connectivity index (χ0n) is 15.8. The van der Waals surface area contributed by atoms with Crippen LogP contribution in [-0.2, 0) is 6.42 Å². The smallest absolute Gasteiger partial charge is 0.260 e. The number of fused-ring (bicyclic) bond motifs is 1. The third-order valence-electron chi connectivity index (χ3n) is 5.09. The van der Waals surface area contributed by atoms with Crippen molar-refractivity contribution in [1.29, 1.82) is 0 Å². The van der Waals surface area contributed by atoms with Crippen LogP contribution >= 0.6 is 11.3 Å². The van der Waals surface area contributed by atoms with Crippen LogP contribution in [0.5, 0.6) is 0 Å². The number of nitrogens with two attached hydrogens (primary N) is 2. The van der Waals surface area contributed by atoms with Gasteiger partial charge in [0.1, 0.15) is 10.6 Å². The Hall–Kier alpha value is -2.71. The minimum absolute atomic E-state index is 0.138. The summed E-state index contributed by atoms with van der Waals surface area (Å²) in [4.78, 5) is 23.9. The highest BCUT2D eigenvalue weighted by Crippen LogP contribution is 2.34. The molecule has 0 bridgehead atoms. The number of amides is 1. The average Bonchev–Trinajstić information content (AvgIpc) is 3.03. The van der Waals surface area contributed by atoms with E-state index in [0.717, 1.165) is 48.3 Å². The summed E-state index contributed by atoms with van der Waals surface area (Å²) in [6.07, 6.45) is 8.14. The minimum atomic E-state index is -0.268. The van der Waals surface area contributed by atoms with E-state index in [1.54, 1.807) is 18.6 Å². The van der Waals surface area contributed by atoms with Gasteiger partial charge in [-0.1, -0.05) is 6.92 Å². The summed E-state index contributed by atoms with van der Waals surface area (Å²) in [5.74, 6) is -0.268. The first-order valence-corrected chi connectivity index (χ1v) is 10.3. The Bertz CT molecular complexity index is 1020. The fraction of sp³-hybridized carbons (Fsp3) is 0.350. The highest BCUT2D eigenvalue weighted by atomic mass is 32.1. The van der Waals surface area contributed by atoms with E-state index in [4.69, 9.17) is 11.5 Å². The van der Waals surface area contributed by atoms with Crippen molar-refractivity contribution >= 4 is 43.8 Å². The van der Waals surface area contributed by atoms with E-state index >= 15 is 0 Å². The molecule has 7 nitrogen and oxygen atoms in total. The summed E-state index contributed by atoms with van der Waals surface area (Å²) >= 11 is 1.39. The molecule has 5 N–H and O–H groups in total. The molecule has 1 saturated heterocycles. The molecular formula is C20H24N6OS. The standard InChI is InChI=1S/C20H24N6OS/c1-2-12-8-16-18(24-9-12)17(19(22)28-16)20(27)25-14-10-23-6-5-15(14)26-7-3-4-13(21)11-26/h5-6,8-10,13H,2-4,7,11,21-22H2,1H3,(H,25,27)/t13-/m0/s1. The van der Waals surface area contributed by atoms with Gasteiger partial charge in [0, 0.05) is 31.5 Å². The first kappa shape index (κ1) is 18.6. The van der Waals surface area contributed by atoms with Gasteiger partial charge < -0.3 is 21.7 Å². The number of nitrogen functional groups attached to an aromatic ring is 1. The molecule has 3 aromatic heterocycles. The molecule has 1 aliphatic rings. The Morgan fingerprint density at radius 1 is 1.43 bits per heavy atom. The van der Waals surface area contributed by atoms with Gasteiger partial charge >= 0.3 is 0 Å². The number of piperidine rings is 1. The maximum absolute atomic E-state index is 13.1. The summed E-state index contributed by atoms with van der Waals surface area (Å²) < 4.78 is 0.926. The second-order valence-electron chi connectivity index (χ2n) is 7.08. The lowest BCUT2D eigenvalue weighted by Crippen LogP contribution is -2.43. The van der Waals surface area contributed by atoms with Crippen molar-refractivity contribution in [3.63, 3.8) is 0 Å². The van der Waals surface area contributed by atoms with Gasteiger partial charge in [0.25, 0.3) is 5.91 Å². The normalized spacial score (nSPS) is 17.1. The van der Waals surface area contributed by atoms with E-state index in [0.29, 0.717) is 21.8 Å². The average molecular weight is 397 g/mol. The molecule has 8 heteroatoms. The molecule has 3 aromatic rings. The lowest BCUT2D eigenvalue weighted by molar-refractivity contribution is 0.102. The Morgan fingerprint density at radius 3 is 3.07 bits per heavy atom. The van der Waals surface area contributed by atoms with E-state index in [1.807, 2.05) is 12.1 Å². The number of rotatable bonds is 4. The molecule has 1 aliphatic heterocycles. The van der Waals surface area contributed by atoms with Gasteiger partial charge in [-0.2, -0.15) is 0 Å². The van der Waals surface area contributed by atoms with Crippen molar-refractivity contribution in [3.8, 4) is 0 Å². The molecule has 0 radical (unpaired) electrons. The second-order valence-corrected chi connectivity index (χ2v) is 8.16. The van der Waals surface area contributed by atoms with Crippen LogP contribution in [-0.4, -0.2) is 35.0 Å². The molecule has 1 amide bonds. The third kappa shape index (κ3) is 3.53. The lowest BCUT2D eigenvalue weighted by atomic mass is 10.1. The van der Waals surface area contributed by atoms with Crippen molar-refractivity contribution in [2.45, 2.75) is 32.2 Å². The molecule has 146 valence electrons. The van der Waals surface area contributed by atoms with Crippen LogP contribution in [0.15, 0.2) is 30.7 Å². The van der Waals surface area contributed by atoms with E-state index < -0.39 is 0 Å². The highest BCUT2D eigenvalue weighted by molar-refractivity contribution is 7.23. The summed E-state index contributed by atoms with van der Waals surface area (Å²) in [6, 6.07) is 4.10. The number of nitrogens with one attached hydrogen (secondary N) is 1. The van der Waals surface area contributed by atoms with Crippen LogP contribution in [0.3, 0.4) is 0 Å². The van der Waals surface area contributed by atoms with Crippen molar-refractivity contribution in [3.05, 3.63) is 41.9 Å². The number of anilines is 3. The predicted molar refractivity (Wildman–Crippen MR) is 115 cm³/mol. The summed E-state index contributed by atoms with van der Waals surface area (Å²) in [7, 11) is 0. The fourth-order valence-corrected chi connectivity index (χ4v) is 4.61. The molecular weight excluding hydrogens is 372 g/mol. The molecule has 0 aromatic carbocycles. The largest absolute Gasteiger partial charge is 0.390 e. The van der Waals surface area contributed by atoms with Crippen molar-refractivity contribution in [1.82, 2.24) is 9.97 Å². The predicted octanol–water partition coefficient (Wildman–Crippen LogP) is 3.02. The Labute approximate surface area is 167 Å². The Balaban J connectivity index is 1.65. The first-order chi connectivity index (χ1) is 13.6. The monoisotopic (exact) mass is 396 g/mol. The summed E-state index contributed by atoms with van der Waals surface area (Å²) in [6.45, 7) is 3.74. The molecule has 4 heterocycles. The number of pyridine rings is 2. The van der Waals surface area contributed by atoms with Gasteiger partial charge in [-0.15, -0.1) is 11.3 Å². The maximum Gasteiger partial charge on any atom is 0.260 e. The molecule has 28 heavy (non-hydrogen) atoms. The number of thiophene rings is 1. The molecule has 4 rings (SSSR count). The number of aromatic nitrogens is 2. The minimum Gasteiger partial charge on any atom is -0.390 e. The zero-order valence-corrected chi connectivity index (χ0v) is 16.6. The maximum atomic E-state index is 13.1. The number of nitrogens with zero attached hydrogens (tertiary/aromatic N) is 3. The second kappa shape index (κ2) is 7.73. The van der Waals surface area contributed by atoms with Crippen LogP contribution < -0.4 is 21.7 Å². The fourth-order valence-electron chi connectivity index (χ4n) is 3.62. The molecule has 0 spiro atoms. The first-order valence-electron chi connectivity index (χ1n) is 9.49. The van der Waals surface area contributed by atoms with Gasteiger partial charge in [0.2, 0.25) is 0 Å². The van der Waals surface area contributed by atoms with Gasteiger partial charge in [0.15, 0.2) is 0 Å². The van der Waals surface area contributed by atoms with Crippen LogP contribution in [0.4, 0.5) is 16.4 Å². The van der Waals surface area contributed by atoms with Gasteiger partial charge in [-0.25, -0.2) is 0 Å². The number of carbonyl (C=O) groups excluding carboxylic acids is 1. The van der Waals surface area contributed by atoms with E-state index in [9.17, 15) is 4.79 Å². The SMILES string of the molecule is CCc1cnc2c(C(=O)Nc3cnccc3N3CCC[C@H](N)C3)c(N)sc2c1. The summed E-state index contributed by atoms with van der Waals surface area (Å²) in [5.41, 5.74) is 16.1. The van der Waals surface area contributed by atoms with Crippen LogP contribution in [0.1, 0.15) is 35.7 Å². The molecule has 1 fully saturated rings. The number of carbonyl (C=O) groups is 1. The molecule has 0 unspecified atom stereocenters. The van der Waals surface area contributed by atoms with Crippen LogP contribution in [0, 0.1) is 0 Å². The van der Waals surface area contributed by atoms with Gasteiger partial charge in [-0.05, 0) is 37.0 Å². The van der Waals surface area contributed by atoms with Crippen LogP contribution in [0.25, 0.3) is 10.2 Å². The number of aryl methyl sites for hydroxylation is 1. The summed E-state index contributed by atoms with van der Waals surface area (Å²) in [5, 5.41) is 3.46. The van der Waals surface area contributed by atoms with Gasteiger partial charge in [0.05, 0.1) is 27.8 Å². The highest BCUT2D eigenvalue weighted by Gasteiger charge is 2.23. The van der Waals surface area contributed by atoms with Crippen molar-refractivity contribution < 1.29 is 4.79 Å². The quantitative estimate of drug-likeness (QED) is 0.625. The topological polar surface area (TPSA) is 110 Å². The van der Waals surface area contributed by atoms with Gasteiger partial charge in [-0.3, -0.25) is 14.8 Å². The molecule has 0 aliphatic carbocycles. The van der Waals surface area contributed by atoms with Crippen molar-refractivity contribution in [2.75, 3.05) is 29.0 Å². The lowest BCUT2D eigenvalue weighted by Gasteiger charge is -2.33. The molecule has 1 atom stereocenters. The van der Waals surface area contributed by atoms with E-state index in [-0.39, 0.29) is 11.9 Å².